The summed E-state index contributed by atoms with van der Waals surface area (Å²) >= 11 is 1.50. The van der Waals surface area contributed by atoms with Crippen LogP contribution in [0.3, 0.4) is 0 Å². The lowest BCUT2D eigenvalue weighted by molar-refractivity contribution is 0.0531. The lowest BCUT2D eigenvalue weighted by Gasteiger charge is -2.21. The van der Waals surface area contributed by atoms with Crippen molar-refractivity contribution in [2.24, 2.45) is 5.92 Å². The second-order valence-electron chi connectivity index (χ2n) is 4.64. The number of ether oxygens (including phenoxy) is 1. The Morgan fingerprint density at radius 3 is 2.79 bits per heavy atom. The molecular weight excluding hydrogens is 284 g/mol. The standard InChI is InChI=1S/C13H20N2O2S.ClH/c1-3-17-13(16)12-9(2)15-11(18-12)8-10-4-6-14-7-5-10;/h10,14H,3-8H2,1-2H3;1H. The van der Waals surface area contributed by atoms with E-state index < -0.39 is 0 Å². The summed E-state index contributed by atoms with van der Waals surface area (Å²) in [5.41, 5.74) is 0.808. The number of carbonyl (C=O) groups is 1. The molecule has 0 spiro atoms. The van der Waals surface area contributed by atoms with Crippen molar-refractivity contribution in [3.05, 3.63) is 15.6 Å². The highest BCUT2D eigenvalue weighted by molar-refractivity contribution is 7.13. The van der Waals surface area contributed by atoms with Gasteiger partial charge in [0.15, 0.2) is 0 Å². The number of rotatable bonds is 4. The van der Waals surface area contributed by atoms with Gasteiger partial charge >= 0.3 is 5.97 Å². The van der Waals surface area contributed by atoms with E-state index in [9.17, 15) is 4.79 Å². The number of halogens is 1. The number of thiazole rings is 1. The summed E-state index contributed by atoms with van der Waals surface area (Å²) in [6.45, 7) is 6.32. The number of piperidine rings is 1. The molecule has 1 saturated heterocycles. The van der Waals surface area contributed by atoms with Crippen LogP contribution >= 0.6 is 23.7 Å². The first-order chi connectivity index (χ1) is 8.70. The second kappa shape index (κ2) is 7.82. The van der Waals surface area contributed by atoms with Gasteiger partial charge in [-0.3, -0.25) is 0 Å². The Labute approximate surface area is 124 Å². The Hall–Kier alpha value is -0.650. The van der Waals surface area contributed by atoms with E-state index in [1.807, 2.05) is 13.8 Å². The van der Waals surface area contributed by atoms with Crippen LogP contribution in [-0.4, -0.2) is 30.6 Å². The minimum atomic E-state index is -0.232. The van der Waals surface area contributed by atoms with Crippen LogP contribution in [0.1, 0.15) is 40.1 Å². The number of aromatic nitrogens is 1. The van der Waals surface area contributed by atoms with Gasteiger partial charge < -0.3 is 10.1 Å². The Bertz CT molecular complexity index is 417. The molecule has 0 amide bonds. The van der Waals surface area contributed by atoms with E-state index in [4.69, 9.17) is 4.74 Å². The fourth-order valence-electron chi connectivity index (χ4n) is 2.26. The van der Waals surface area contributed by atoms with Crippen molar-refractivity contribution in [3.8, 4) is 0 Å². The van der Waals surface area contributed by atoms with Crippen molar-refractivity contribution in [3.63, 3.8) is 0 Å². The van der Waals surface area contributed by atoms with E-state index in [0.717, 1.165) is 30.2 Å². The zero-order valence-electron chi connectivity index (χ0n) is 11.4. The van der Waals surface area contributed by atoms with Gasteiger partial charge in [0.1, 0.15) is 4.88 Å². The summed E-state index contributed by atoms with van der Waals surface area (Å²) in [6, 6.07) is 0. The molecule has 1 N–H and O–H groups in total. The van der Waals surface area contributed by atoms with E-state index in [1.165, 1.54) is 24.2 Å². The fourth-order valence-corrected chi connectivity index (χ4v) is 3.33. The molecule has 1 aliphatic heterocycles. The highest BCUT2D eigenvalue weighted by Crippen LogP contribution is 2.24. The van der Waals surface area contributed by atoms with Crippen LogP contribution in [0.25, 0.3) is 0 Å². The number of nitrogens with one attached hydrogen (secondary N) is 1. The molecule has 0 aromatic carbocycles. The topological polar surface area (TPSA) is 51.2 Å². The molecular formula is C13H21ClN2O2S. The van der Waals surface area contributed by atoms with Crippen LogP contribution in [0, 0.1) is 12.8 Å². The zero-order chi connectivity index (χ0) is 13.0. The third-order valence-corrected chi connectivity index (χ3v) is 4.38. The Morgan fingerprint density at radius 1 is 1.47 bits per heavy atom. The second-order valence-corrected chi connectivity index (χ2v) is 5.72. The highest BCUT2D eigenvalue weighted by atomic mass is 35.5. The van der Waals surface area contributed by atoms with E-state index in [2.05, 4.69) is 10.3 Å². The quantitative estimate of drug-likeness (QED) is 0.869. The first-order valence-corrected chi connectivity index (χ1v) is 7.36. The Balaban J connectivity index is 0.00000180. The van der Waals surface area contributed by atoms with Gasteiger partial charge in [-0.2, -0.15) is 0 Å². The first kappa shape index (κ1) is 16.4. The molecule has 108 valence electrons. The third kappa shape index (κ3) is 4.44. The minimum Gasteiger partial charge on any atom is -0.462 e. The van der Waals surface area contributed by atoms with Crippen molar-refractivity contribution in [1.82, 2.24) is 10.3 Å². The number of hydrogen-bond donors (Lipinski definition) is 1. The van der Waals surface area contributed by atoms with Crippen molar-refractivity contribution in [2.45, 2.75) is 33.1 Å². The average molecular weight is 305 g/mol. The lowest BCUT2D eigenvalue weighted by Crippen LogP contribution is -2.28. The molecule has 0 atom stereocenters. The van der Waals surface area contributed by atoms with Gasteiger partial charge in [0.05, 0.1) is 17.3 Å². The van der Waals surface area contributed by atoms with Gasteiger partial charge in [-0.15, -0.1) is 23.7 Å². The summed E-state index contributed by atoms with van der Waals surface area (Å²) in [7, 11) is 0. The molecule has 6 heteroatoms. The van der Waals surface area contributed by atoms with E-state index >= 15 is 0 Å². The molecule has 0 bridgehead atoms. The number of esters is 1. The van der Waals surface area contributed by atoms with Gasteiger partial charge in [0.25, 0.3) is 0 Å². The number of hydrogen-bond acceptors (Lipinski definition) is 5. The Morgan fingerprint density at radius 2 is 2.16 bits per heavy atom. The molecule has 4 nitrogen and oxygen atoms in total. The maximum atomic E-state index is 11.7. The van der Waals surface area contributed by atoms with Crippen molar-refractivity contribution in [2.75, 3.05) is 19.7 Å². The van der Waals surface area contributed by atoms with Crippen molar-refractivity contribution < 1.29 is 9.53 Å². The molecule has 1 aliphatic rings. The zero-order valence-corrected chi connectivity index (χ0v) is 13.0. The summed E-state index contributed by atoms with van der Waals surface area (Å²) in [5, 5.41) is 4.43. The summed E-state index contributed by atoms with van der Waals surface area (Å²) < 4.78 is 5.03. The smallest absolute Gasteiger partial charge is 0.350 e. The van der Waals surface area contributed by atoms with E-state index in [-0.39, 0.29) is 18.4 Å². The van der Waals surface area contributed by atoms with Crippen LogP contribution in [-0.2, 0) is 11.2 Å². The monoisotopic (exact) mass is 304 g/mol. The van der Waals surface area contributed by atoms with Gasteiger partial charge in [0, 0.05) is 6.42 Å². The van der Waals surface area contributed by atoms with Crippen LogP contribution in [0.2, 0.25) is 0 Å². The van der Waals surface area contributed by atoms with Gasteiger partial charge in [-0.05, 0) is 45.7 Å². The molecule has 0 unspecified atom stereocenters. The van der Waals surface area contributed by atoms with E-state index in [1.54, 1.807) is 0 Å². The lowest BCUT2D eigenvalue weighted by atomic mass is 9.95. The maximum absolute atomic E-state index is 11.7. The number of carbonyl (C=O) groups excluding carboxylic acids is 1. The van der Waals surface area contributed by atoms with Gasteiger partial charge in [-0.25, -0.2) is 9.78 Å². The molecule has 0 saturated carbocycles. The fraction of sp³-hybridized carbons (Fsp3) is 0.692. The van der Waals surface area contributed by atoms with Crippen LogP contribution in [0.15, 0.2) is 0 Å². The van der Waals surface area contributed by atoms with Crippen LogP contribution in [0.4, 0.5) is 0 Å². The van der Waals surface area contributed by atoms with Gasteiger partial charge in [0.2, 0.25) is 0 Å². The summed E-state index contributed by atoms with van der Waals surface area (Å²) in [5.74, 6) is 0.468. The summed E-state index contributed by atoms with van der Waals surface area (Å²) in [4.78, 5) is 16.9. The largest absolute Gasteiger partial charge is 0.462 e. The van der Waals surface area contributed by atoms with Crippen molar-refractivity contribution >= 4 is 29.7 Å². The Kier molecular flexibility index (Phi) is 6.75. The highest BCUT2D eigenvalue weighted by Gasteiger charge is 2.19. The minimum absolute atomic E-state index is 0. The average Bonchev–Trinajstić information content (AvgIpc) is 2.72. The third-order valence-electron chi connectivity index (χ3n) is 3.22. The molecule has 19 heavy (non-hydrogen) atoms. The van der Waals surface area contributed by atoms with E-state index in [0.29, 0.717) is 17.4 Å². The molecule has 1 fully saturated rings. The summed E-state index contributed by atoms with van der Waals surface area (Å²) in [6.07, 6.45) is 3.40. The maximum Gasteiger partial charge on any atom is 0.350 e. The normalized spacial score (nSPS) is 15.9. The molecule has 1 aromatic rings. The predicted molar refractivity (Wildman–Crippen MR) is 79.4 cm³/mol. The molecule has 2 rings (SSSR count). The molecule has 2 heterocycles. The molecule has 0 radical (unpaired) electrons. The SMILES string of the molecule is CCOC(=O)c1sc(CC2CCNCC2)nc1C.Cl. The number of nitrogens with zero attached hydrogens (tertiary/aromatic N) is 1. The van der Waals surface area contributed by atoms with Gasteiger partial charge in [-0.1, -0.05) is 0 Å². The molecule has 1 aromatic heterocycles. The van der Waals surface area contributed by atoms with Crippen molar-refractivity contribution in [1.29, 1.82) is 0 Å². The first-order valence-electron chi connectivity index (χ1n) is 6.54. The molecule has 0 aliphatic carbocycles. The predicted octanol–water partition coefficient (Wildman–Crippen LogP) is 2.59. The number of aryl methyl sites for hydroxylation is 1. The van der Waals surface area contributed by atoms with Crippen LogP contribution in [0.5, 0.6) is 0 Å². The van der Waals surface area contributed by atoms with Crippen LogP contribution < -0.4 is 5.32 Å².